The van der Waals surface area contributed by atoms with Crippen molar-refractivity contribution in [2.75, 3.05) is 13.2 Å². The third-order valence-electron chi connectivity index (χ3n) is 3.01. The Morgan fingerprint density at radius 2 is 2.50 bits per heavy atom. The van der Waals surface area contributed by atoms with Gasteiger partial charge in [0, 0.05) is 6.54 Å². The summed E-state index contributed by atoms with van der Waals surface area (Å²) in [5.41, 5.74) is 1.58. The molecule has 1 saturated heterocycles. The number of rotatable bonds is 3. The van der Waals surface area contributed by atoms with Crippen molar-refractivity contribution in [2.45, 2.75) is 32.2 Å². The number of aliphatic imine (C=N–C) groups is 1. The van der Waals surface area contributed by atoms with Crippen LogP contribution in [0.3, 0.4) is 0 Å². The maximum absolute atomic E-state index is 11.9. The van der Waals surface area contributed by atoms with Gasteiger partial charge in [-0.25, -0.2) is 9.59 Å². The molecule has 5 nitrogen and oxygen atoms in total. The Hall–Kier alpha value is -1.39. The second kappa shape index (κ2) is 5.98. The van der Waals surface area contributed by atoms with Crippen LogP contribution in [-0.2, 0) is 14.3 Å². The first-order valence-electron chi connectivity index (χ1n) is 6.05. The van der Waals surface area contributed by atoms with Crippen molar-refractivity contribution in [3.63, 3.8) is 0 Å². The van der Waals surface area contributed by atoms with E-state index < -0.39 is 10.5 Å². The van der Waals surface area contributed by atoms with Gasteiger partial charge >= 0.3 is 5.97 Å². The summed E-state index contributed by atoms with van der Waals surface area (Å²) < 4.78 is 5.10. The molecule has 18 heavy (non-hydrogen) atoms. The molecule has 0 aromatic carbocycles. The zero-order valence-corrected chi connectivity index (χ0v) is 11.1. The smallest absolute Gasteiger partial charge is 0.328 e. The van der Waals surface area contributed by atoms with E-state index in [-0.39, 0.29) is 12.0 Å². The van der Waals surface area contributed by atoms with E-state index in [2.05, 4.69) is 4.99 Å². The summed E-state index contributed by atoms with van der Waals surface area (Å²) >= 11 is 0. The fourth-order valence-corrected chi connectivity index (χ4v) is 3.27. The van der Waals surface area contributed by atoms with Crippen LogP contribution in [0.5, 0.6) is 0 Å². The zero-order valence-electron chi connectivity index (χ0n) is 10.3. The second-order valence-corrected chi connectivity index (χ2v) is 5.57. The zero-order chi connectivity index (χ0) is 13.0. The van der Waals surface area contributed by atoms with Gasteiger partial charge in [0.2, 0.25) is 0 Å². The summed E-state index contributed by atoms with van der Waals surface area (Å²) in [5, 5.41) is 2.76. The first-order valence-corrected chi connectivity index (χ1v) is 7.34. The highest BCUT2D eigenvalue weighted by molar-refractivity contribution is 8.29. The van der Waals surface area contributed by atoms with E-state index in [4.69, 9.17) is 4.74 Å². The van der Waals surface area contributed by atoms with Gasteiger partial charge in [-0.1, -0.05) is 0 Å². The fraction of sp³-hybridized carbons (Fsp3) is 0.583. The van der Waals surface area contributed by atoms with Crippen LogP contribution < -0.4 is 0 Å². The minimum absolute atomic E-state index is 0.209. The number of hydrogen-bond donors (Lipinski definition) is 0. The number of hydrogen-bond acceptors (Lipinski definition) is 5. The largest absolute Gasteiger partial charge is 0.464 e. The molecule has 0 aliphatic carbocycles. The van der Waals surface area contributed by atoms with Crippen molar-refractivity contribution in [1.82, 2.24) is 4.90 Å². The van der Waals surface area contributed by atoms with E-state index in [0.29, 0.717) is 6.61 Å². The number of nitrogens with zero attached hydrogens (tertiary/aromatic N) is 2. The topological polar surface area (TPSA) is 59.0 Å². The van der Waals surface area contributed by atoms with Crippen LogP contribution in [0.15, 0.2) is 16.2 Å². The molecule has 0 radical (unpaired) electrons. The van der Waals surface area contributed by atoms with Crippen LogP contribution in [0.2, 0.25) is 0 Å². The number of ether oxygens (including phenoxy) is 1. The lowest BCUT2D eigenvalue weighted by Crippen LogP contribution is -2.44. The predicted octanol–water partition coefficient (Wildman–Crippen LogP) is 1.58. The van der Waals surface area contributed by atoms with Crippen LogP contribution in [0.4, 0.5) is 0 Å². The molecule has 2 rings (SSSR count). The molecule has 0 bridgehead atoms. The van der Waals surface area contributed by atoms with Crippen LogP contribution in [0, 0.1) is 0 Å². The Morgan fingerprint density at radius 1 is 1.67 bits per heavy atom. The van der Waals surface area contributed by atoms with Crippen molar-refractivity contribution >= 4 is 27.2 Å². The molecule has 0 saturated carbocycles. The Balaban J connectivity index is 2.19. The quantitative estimate of drug-likeness (QED) is 0.576. The van der Waals surface area contributed by atoms with E-state index in [0.717, 1.165) is 30.8 Å². The molecule has 2 aliphatic rings. The molecule has 98 valence electrons. The van der Waals surface area contributed by atoms with Crippen molar-refractivity contribution in [3.05, 3.63) is 11.2 Å². The van der Waals surface area contributed by atoms with Crippen LogP contribution in [0.25, 0.3) is 0 Å². The van der Waals surface area contributed by atoms with Gasteiger partial charge in [-0.2, -0.15) is 0 Å². The second-order valence-electron chi connectivity index (χ2n) is 4.10. The Labute approximate surface area is 108 Å². The summed E-state index contributed by atoms with van der Waals surface area (Å²) in [6.07, 6.45) is 4.45. The minimum Gasteiger partial charge on any atom is -0.464 e. The third-order valence-corrected chi connectivity index (χ3v) is 4.31. The van der Waals surface area contributed by atoms with Gasteiger partial charge < -0.3 is 9.64 Å². The molecule has 2 heterocycles. The summed E-state index contributed by atoms with van der Waals surface area (Å²) in [7, 11) is -0.729. The van der Waals surface area contributed by atoms with Crippen LogP contribution >= 0.6 is 10.5 Å². The Morgan fingerprint density at radius 3 is 3.22 bits per heavy atom. The van der Waals surface area contributed by atoms with Gasteiger partial charge in [0.05, 0.1) is 18.4 Å². The molecule has 0 N–H and O–H groups in total. The van der Waals surface area contributed by atoms with Crippen molar-refractivity contribution in [3.8, 4) is 0 Å². The standard InChI is InChI=1S/C12H16N2O3S/c1-2-17-12(16)10-5-3-4-6-14(10)11-7-13-8-18(11)9-15/h7-8,10H,2-6H2,1H3. The van der Waals surface area contributed by atoms with E-state index in [9.17, 15) is 9.59 Å². The molecule has 2 atom stereocenters. The number of esters is 1. The molecular weight excluding hydrogens is 252 g/mol. The number of piperidine rings is 1. The summed E-state index contributed by atoms with van der Waals surface area (Å²) in [6.45, 7) is 2.95. The molecule has 6 heteroatoms. The molecule has 0 aromatic rings. The van der Waals surface area contributed by atoms with Crippen LogP contribution in [0.1, 0.15) is 26.2 Å². The maximum Gasteiger partial charge on any atom is 0.328 e. The van der Waals surface area contributed by atoms with E-state index in [1.807, 2.05) is 10.1 Å². The lowest BCUT2D eigenvalue weighted by atomic mass is 10.0. The van der Waals surface area contributed by atoms with Crippen molar-refractivity contribution < 1.29 is 14.3 Å². The number of likely N-dealkylation sites (tertiary alicyclic amines) is 1. The predicted molar refractivity (Wildman–Crippen MR) is 70.8 cm³/mol. The third kappa shape index (κ3) is 2.54. The summed E-state index contributed by atoms with van der Waals surface area (Å²) in [6, 6.07) is -0.282. The number of carbonyl (C=O) groups excluding carboxylic acids is 2. The van der Waals surface area contributed by atoms with Gasteiger partial charge in [0.1, 0.15) is 11.1 Å². The molecule has 0 spiro atoms. The molecular formula is C12H16N2O3S. The monoisotopic (exact) mass is 268 g/mol. The van der Waals surface area contributed by atoms with E-state index >= 15 is 0 Å². The van der Waals surface area contributed by atoms with Gasteiger partial charge in [0.15, 0.2) is 5.23 Å². The van der Waals surface area contributed by atoms with Gasteiger partial charge in [0.25, 0.3) is 0 Å². The first kappa shape index (κ1) is 13.1. The first-order chi connectivity index (χ1) is 8.77. The van der Waals surface area contributed by atoms with Crippen LogP contribution in [-0.4, -0.2) is 40.8 Å². The normalized spacial score (nSPS) is 26.7. The van der Waals surface area contributed by atoms with Gasteiger partial charge in [-0.15, -0.1) is 0 Å². The SMILES string of the molecule is CCOC(=O)C1CCCCN1C1=CN=CS1=C=O. The Kier molecular flexibility index (Phi) is 4.33. The average molecular weight is 268 g/mol. The minimum atomic E-state index is -0.729. The van der Waals surface area contributed by atoms with Gasteiger partial charge in [-0.3, -0.25) is 4.99 Å². The molecule has 0 aromatic heterocycles. The fourth-order valence-electron chi connectivity index (χ4n) is 2.21. The highest BCUT2D eigenvalue weighted by atomic mass is 32.2. The molecule has 2 unspecified atom stereocenters. The van der Waals surface area contributed by atoms with Crippen molar-refractivity contribution in [2.24, 2.45) is 4.99 Å². The van der Waals surface area contributed by atoms with Crippen molar-refractivity contribution in [1.29, 1.82) is 0 Å². The summed E-state index contributed by atoms with van der Waals surface area (Å²) in [4.78, 5) is 28.8. The maximum atomic E-state index is 11.9. The molecule has 2 aliphatic heterocycles. The molecule has 1 fully saturated rings. The number of carbonyl (C=O) groups is 1. The highest BCUT2D eigenvalue weighted by Gasteiger charge is 2.33. The lowest BCUT2D eigenvalue weighted by Gasteiger charge is -2.36. The average Bonchev–Trinajstić information content (AvgIpc) is 2.87. The summed E-state index contributed by atoms with van der Waals surface area (Å²) in [5.74, 6) is -0.209. The Bertz CT molecular complexity index is 452. The lowest BCUT2D eigenvalue weighted by molar-refractivity contribution is -0.149. The van der Waals surface area contributed by atoms with E-state index in [1.54, 1.807) is 18.7 Å². The highest BCUT2D eigenvalue weighted by Crippen LogP contribution is 2.34. The van der Waals surface area contributed by atoms with Gasteiger partial charge in [-0.05, 0) is 36.7 Å². The van der Waals surface area contributed by atoms with E-state index in [1.165, 1.54) is 0 Å². The molecule has 0 amide bonds.